The van der Waals surface area contributed by atoms with Gasteiger partial charge in [-0.25, -0.2) is 0 Å². The van der Waals surface area contributed by atoms with Crippen LogP contribution in [0.25, 0.3) is 16.7 Å². The lowest BCUT2D eigenvalue weighted by atomic mass is 9.63. The molecule has 0 fully saturated rings. The third-order valence-electron chi connectivity index (χ3n) is 8.12. The molecule has 0 aliphatic heterocycles. The highest BCUT2D eigenvalue weighted by molar-refractivity contribution is 6.62. The normalized spacial score (nSPS) is 12.5. The summed E-state index contributed by atoms with van der Waals surface area (Å²) >= 11 is 0. The third kappa shape index (κ3) is 13.6. The fraction of sp³-hybridized carbons (Fsp3) is 0.111. The summed E-state index contributed by atoms with van der Waals surface area (Å²) in [6.07, 6.45) is 21.1. The molecule has 0 nitrogen and oxygen atoms in total. The summed E-state index contributed by atoms with van der Waals surface area (Å²) < 4.78 is 0. The highest BCUT2D eigenvalue weighted by atomic mass is 14.1. The predicted molar refractivity (Wildman–Crippen MR) is 233 cm³/mol. The van der Waals surface area contributed by atoms with Gasteiger partial charge in [-0.2, -0.15) is 0 Å². The maximum atomic E-state index is 4.49. The molecule has 0 amide bonds. The van der Waals surface area contributed by atoms with Gasteiger partial charge in [0.2, 0.25) is 0 Å². The Labute approximate surface area is 300 Å². The van der Waals surface area contributed by atoms with E-state index in [9.17, 15) is 0 Å². The first-order chi connectivity index (χ1) is 23.5. The summed E-state index contributed by atoms with van der Waals surface area (Å²) in [5.74, 6) is 0. The lowest BCUT2D eigenvalue weighted by Gasteiger charge is -2.11. The van der Waals surface area contributed by atoms with Gasteiger partial charge in [0.05, 0.1) is 0 Å². The molecule has 0 aliphatic rings. The third-order valence-corrected chi connectivity index (χ3v) is 8.12. The molecule has 0 spiro atoms. The van der Waals surface area contributed by atoms with Crippen LogP contribution in [0.5, 0.6) is 0 Å². The van der Waals surface area contributed by atoms with Gasteiger partial charge >= 0.3 is 0 Å². The molecule has 0 radical (unpaired) electrons. The van der Waals surface area contributed by atoms with Crippen molar-refractivity contribution in [1.82, 2.24) is 0 Å². The first-order valence-electron chi connectivity index (χ1n) is 17.1. The first-order valence-corrected chi connectivity index (χ1v) is 17.1. The quantitative estimate of drug-likeness (QED) is 0.112. The van der Waals surface area contributed by atoms with Crippen LogP contribution in [-0.2, 0) is 0 Å². The summed E-state index contributed by atoms with van der Waals surface area (Å²) in [6, 6.07) is 26.5. The molecule has 3 rings (SSSR count). The zero-order valence-electron chi connectivity index (χ0n) is 30.7. The maximum Gasteiger partial charge on any atom is 0.192 e. The second kappa shape index (κ2) is 19.8. The van der Waals surface area contributed by atoms with Crippen LogP contribution < -0.4 is 16.4 Å². The van der Waals surface area contributed by atoms with Gasteiger partial charge in [0.1, 0.15) is 7.85 Å². The van der Waals surface area contributed by atoms with Crippen molar-refractivity contribution in [3.05, 3.63) is 204 Å². The van der Waals surface area contributed by atoms with E-state index in [0.29, 0.717) is 0 Å². The minimum atomic E-state index is 0.800. The van der Waals surface area contributed by atoms with Gasteiger partial charge in [0.15, 0.2) is 21.8 Å². The molecule has 3 aromatic rings. The number of hydrogen-bond donors (Lipinski definition) is 0. The highest BCUT2D eigenvalue weighted by Gasteiger charge is 2.07. The topological polar surface area (TPSA) is 0 Å². The second-order valence-electron chi connectivity index (χ2n) is 13.1. The summed E-state index contributed by atoms with van der Waals surface area (Å²) in [4.78, 5) is 0. The Morgan fingerprint density at radius 3 is 1.73 bits per heavy atom. The molecule has 0 N–H and O–H groups in total. The Morgan fingerprint density at radius 2 is 1.18 bits per heavy atom. The van der Waals surface area contributed by atoms with E-state index in [1.54, 1.807) is 0 Å². The first kappa shape index (κ1) is 38.5. The molecule has 0 heterocycles. The average molecular weight is 634 g/mol. The molecule has 4 heteroatoms. The molecule has 0 unspecified atom stereocenters. The largest absolute Gasteiger partial charge is 0.192 e. The molecule has 0 atom stereocenters. The molecule has 0 saturated heterocycles. The van der Waals surface area contributed by atoms with Crippen molar-refractivity contribution >= 4 is 62.8 Å². The maximum absolute atomic E-state index is 4.49. The van der Waals surface area contributed by atoms with E-state index in [1.165, 1.54) is 44.0 Å². The van der Waals surface area contributed by atoms with Crippen LogP contribution in [0.15, 0.2) is 187 Å². The van der Waals surface area contributed by atoms with E-state index < -0.39 is 0 Å². The van der Waals surface area contributed by atoms with Gasteiger partial charge in [-0.3, -0.25) is 0 Å². The lowest BCUT2D eigenvalue weighted by molar-refractivity contribution is 1.39. The molecule has 0 saturated carbocycles. The van der Waals surface area contributed by atoms with Crippen molar-refractivity contribution in [3.8, 4) is 0 Å². The predicted octanol–water partition coefficient (Wildman–Crippen LogP) is 7.81. The Kier molecular flexibility index (Phi) is 15.5. The summed E-state index contributed by atoms with van der Waals surface area (Å²) in [5.41, 5.74) is 16.4. The number of hydrogen-bond acceptors (Lipinski definition) is 0. The van der Waals surface area contributed by atoms with Gasteiger partial charge < -0.3 is 0 Å². The Bertz CT molecular complexity index is 1850. The van der Waals surface area contributed by atoms with Gasteiger partial charge in [-0.1, -0.05) is 186 Å². The van der Waals surface area contributed by atoms with Crippen molar-refractivity contribution in [2.45, 2.75) is 34.6 Å². The number of allylic oxidation sites excluding steroid dienone is 18. The van der Waals surface area contributed by atoms with Crippen LogP contribution in [0.4, 0.5) is 0 Å². The molecular formula is C45H50B4. The zero-order valence-corrected chi connectivity index (χ0v) is 30.7. The summed E-state index contributed by atoms with van der Waals surface area (Å²) in [6.45, 7) is 27.3. The van der Waals surface area contributed by atoms with E-state index in [-0.39, 0.29) is 0 Å². The van der Waals surface area contributed by atoms with E-state index in [1.807, 2.05) is 33.0 Å². The van der Waals surface area contributed by atoms with Crippen LogP contribution in [-0.4, -0.2) is 29.7 Å². The standard InChI is InChI=1S/C45H50B4/c1-10-12-13-36(8)47-44-28-21-40(22-29-44)41(30-33(5)38-17-24-43(25-18-38)48-37(9)16-15-35(7)46)31-34(6)39-19-26-45(27-20-39)49-42(11-2)23-14-32(3)4/h10-31,47-49H,2,5,7,9,46H2,1,3-4,6,8H3/b12-10-,16-15-,34-31+,36-13+,41-30+,42-23+. The molecule has 0 bridgehead atoms. The summed E-state index contributed by atoms with van der Waals surface area (Å²) in [5, 5.41) is 0. The van der Waals surface area contributed by atoms with Crippen LogP contribution in [0.3, 0.4) is 0 Å². The zero-order chi connectivity index (χ0) is 35.8. The van der Waals surface area contributed by atoms with Crippen molar-refractivity contribution in [1.29, 1.82) is 0 Å². The smallest absolute Gasteiger partial charge is 0.105 e. The fourth-order valence-corrected chi connectivity index (χ4v) is 5.26. The molecule has 0 aliphatic carbocycles. The van der Waals surface area contributed by atoms with Crippen molar-refractivity contribution in [2.75, 3.05) is 0 Å². The Balaban J connectivity index is 1.93. The molecule has 0 aromatic heterocycles. The van der Waals surface area contributed by atoms with Gasteiger partial charge in [-0.15, -0.1) is 18.6 Å². The van der Waals surface area contributed by atoms with E-state index in [4.69, 9.17) is 0 Å². The monoisotopic (exact) mass is 634 g/mol. The lowest BCUT2D eigenvalue weighted by Crippen LogP contribution is -2.15. The van der Waals surface area contributed by atoms with Gasteiger partial charge in [0.25, 0.3) is 0 Å². The Hall–Kier alpha value is -4.94. The molecule has 3 aromatic carbocycles. The van der Waals surface area contributed by atoms with E-state index >= 15 is 0 Å². The van der Waals surface area contributed by atoms with Crippen LogP contribution in [0.1, 0.15) is 51.3 Å². The van der Waals surface area contributed by atoms with Gasteiger partial charge in [-0.05, 0) is 67.2 Å². The van der Waals surface area contributed by atoms with Crippen molar-refractivity contribution in [3.63, 3.8) is 0 Å². The Morgan fingerprint density at radius 1 is 0.633 bits per heavy atom. The second-order valence-corrected chi connectivity index (χ2v) is 13.1. The molecule has 242 valence electrons. The van der Waals surface area contributed by atoms with Gasteiger partial charge in [0, 0.05) is 0 Å². The molecule has 49 heavy (non-hydrogen) atoms. The SMILES string of the molecule is BC(=C)/C=C\C(=C)Bc1ccc(C(=C)/C=C(\C=C(/C)c2ccc(B/C(C=C)=C/C=C(C)C)cc2)c2ccc(B/C(C)=C/C=C\C)cc2)cc1. The summed E-state index contributed by atoms with van der Waals surface area (Å²) in [7, 11) is 4.57. The fourth-order valence-electron chi connectivity index (χ4n) is 5.26. The average Bonchev–Trinajstić information content (AvgIpc) is 3.08. The van der Waals surface area contributed by atoms with Crippen LogP contribution in [0.2, 0.25) is 0 Å². The van der Waals surface area contributed by atoms with E-state index in [0.717, 1.165) is 55.1 Å². The minimum absolute atomic E-state index is 0.800. The number of rotatable bonds is 16. The highest BCUT2D eigenvalue weighted by Crippen LogP contribution is 2.26. The minimum Gasteiger partial charge on any atom is -0.105 e. The molecular weight excluding hydrogens is 584 g/mol. The van der Waals surface area contributed by atoms with Crippen LogP contribution >= 0.6 is 0 Å². The number of benzene rings is 3. The van der Waals surface area contributed by atoms with E-state index in [2.05, 4.69) is 169 Å². The van der Waals surface area contributed by atoms with Crippen LogP contribution in [0, 0.1) is 0 Å². The van der Waals surface area contributed by atoms with Crippen molar-refractivity contribution < 1.29 is 0 Å². The van der Waals surface area contributed by atoms with Crippen molar-refractivity contribution in [2.24, 2.45) is 0 Å².